The van der Waals surface area contributed by atoms with Gasteiger partial charge in [-0.05, 0) is 83.4 Å². The van der Waals surface area contributed by atoms with Crippen LogP contribution in [-0.4, -0.2) is 11.8 Å². The van der Waals surface area contributed by atoms with E-state index >= 15 is 0 Å². The van der Waals surface area contributed by atoms with E-state index in [1.807, 2.05) is 0 Å². The molecule has 10 heteroatoms. The van der Waals surface area contributed by atoms with Gasteiger partial charge in [-0.15, -0.1) is 0 Å². The van der Waals surface area contributed by atoms with E-state index in [0.29, 0.717) is 22.5 Å². The SMILES string of the molecule is CC1(C)C(=O)N(Cc2cc(F)cc(F)c2)c2cc(C(=O)NCc3cccc(N=[N+]=[N-])c3)cc(I)c21. The number of carbonyl (C=O) groups is 2. The number of fused-ring (bicyclic) bond motifs is 1. The molecule has 0 spiro atoms. The maximum absolute atomic E-state index is 13.8. The molecule has 35 heavy (non-hydrogen) atoms. The smallest absolute Gasteiger partial charge is 0.251 e. The summed E-state index contributed by atoms with van der Waals surface area (Å²) in [4.78, 5) is 30.5. The standard InChI is InChI=1S/C25H20F2IN5O2/c1-25(2)22-20(28)9-16(23(34)30-12-14-4-3-5-19(8-14)31-32-29)10-21(22)33(24(25)35)13-15-6-17(26)11-18(27)7-15/h3-11H,12-13H2,1-2H3,(H,30,34). The lowest BCUT2D eigenvalue weighted by atomic mass is 9.86. The lowest BCUT2D eigenvalue weighted by Crippen LogP contribution is -2.36. The van der Waals surface area contributed by atoms with E-state index in [2.05, 4.69) is 37.9 Å². The van der Waals surface area contributed by atoms with Crippen LogP contribution < -0.4 is 10.2 Å². The Bertz CT molecular complexity index is 1380. The van der Waals surface area contributed by atoms with Gasteiger partial charge in [0.2, 0.25) is 5.91 Å². The monoisotopic (exact) mass is 587 g/mol. The Kier molecular flexibility index (Phi) is 6.77. The predicted octanol–water partition coefficient (Wildman–Crippen LogP) is 6.27. The third-order valence-corrected chi connectivity index (χ3v) is 6.66. The lowest BCUT2D eigenvalue weighted by Gasteiger charge is -2.20. The minimum absolute atomic E-state index is 0.0305. The molecule has 1 aliphatic heterocycles. The zero-order valence-corrected chi connectivity index (χ0v) is 21.0. The van der Waals surface area contributed by atoms with Crippen molar-refractivity contribution >= 4 is 45.8 Å². The average Bonchev–Trinajstić information content (AvgIpc) is 2.98. The van der Waals surface area contributed by atoms with Crippen molar-refractivity contribution in [3.63, 3.8) is 0 Å². The Morgan fingerprint density at radius 3 is 2.51 bits per heavy atom. The molecule has 2 amide bonds. The molecule has 0 saturated heterocycles. The van der Waals surface area contributed by atoms with Crippen LogP contribution in [-0.2, 0) is 23.3 Å². The van der Waals surface area contributed by atoms with E-state index in [0.717, 1.165) is 20.8 Å². The van der Waals surface area contributed by atoms with Crippen molar-refractivity contribution in [2.75, 3.05) is 4.90 Å². The maximum atomic E-state index is 13.8. The Hall–Kier alpha value is -3.50. The van der Waals surface area contributed by atoms with Crippen molar-refractivity contribution in [2.45, 2.75) is 32.4 Å². The van der Waals surface area contributed by atoms with E-state index in [-0.39, 0.29) is 24.9 Å². The first-order valence-corrected chi connectivity index (χ1v) is 11.7. The van der Waals surface area contributed by atoms with Crippen LogP contribution in [0.15, 0.2) is 59.7 Å². The van der Waals surface area contributed by atoms with Crippen molar-refractivity contribution in [3.8, 4) is 0 Å². The molecule has 3 aromatic carbocycles. The molecule has 4 rings (SSSR count). The molecule has 0 aromatic heterocycles. The number of carbonyl (C=O) groups excluding carboxylic acids is 2. The molecule has 1 aliphatic rings. The molecule has 0 aliphatic carbocycles. The fourth-order valence-corrected chi connectivity index (χ4v) is 5.50. The average molecular weight is 587 g/mol. The van der Waals surface area contributed by atoms with Gasteiger partial charge in [-0.3, -0.25) is 9.59 Å². The van der Waals surface area contributed by atoms with Gasteiger partial charge < -0.3 is 10.2 Å². The second-order valence-corrected chi connectivity index (χ2v) is 9.85. The summed E-state index contributed by atoms with van der Waals surface area (Å²) < 4.78 is 28.2. The zero-order valence-electron chi connectivity index (χ0n) is 18.8. The van der Waals surface area contributed by atoms with Crippen LogP contribution in [0.4, 0.5) is 20.2 Å². The third kappa shape index (κ3) is 4.98. The van der Waals surface area contributed by atoms with E-state index in [9.17, 15) is 18.4 Å². The zero-order chi connectivity index (χ0) is 25.3. The van der Waals surface area contributed by atoms with E-state index in [1.165, 1.54) is 17.0 Å². The van der Waals surface area contributed by atoms with Crippen LogP contribution in [0.1, 0.15) is 40.9 Å². The van der Waals surface area contributed by atoms with Gasteiger partial charge in [0, 0.05) is 37.9 Å². The summed E-state index contributed by atoms with van der Waals surface area (Å²) in [5.41, 5.74) is 10.9. The maximum Gasteiger partial charge on any atom is 0.251 e. The van der Waals surface area contributed by atoms with Crippen LogP contribution in [0.2, 0.25) is 0 Å². The van der Waals surface area contributed by atoms with Crippen LogP contribution in [0.3, 0.4) is 0 Å². The first-order valence-electron chi connectivity index (χ1n) is 10.6. The molecular weight excluding hydrogens is 567 g/mol. The summed E-state index contributed by atoms with van der Waals surface area (Å²) in [7, 11) is 0. The van der Waals surface area contributed by atoms with Crippen LogP contribution in [0, 0.1) is 15.2 Å². The molecule has 0 atom stereocenters. The number of amides is 2. The molecule has 0 saturated carbocycles. The number of halogens is 3. The fourth-order valence-electron chi connectivity index (χ4n) is 4.22. The van der Waals surface area contributed by atoms with Gasteiger partial charge in [-0.25, -0.2) is 8.78 Å². The molecule has 1 heterocycles. The molecule has 0 unspecified atom stereocenters. The minimum atomic E-state index is -0.867. The lowest BCUT2D eigenvalue weighted by molar-refractivity contribution is -0.122. The quantitative estimate of drug-likeness (QED) is 0.159. The van der Waals surface area contributed by atoms with Gasteiger partial charge in [-0.1, -0.05) is 23.3 Å². The summed E-state index contributed by atoms with van der Waals surface area (Å²) in [6.07, 6.45) is 0. The topological polar surface area (TPSA) is 98.2 Å². The van der Waals surface area contributed by atoms with Crippen LogP contribution >= 0.6 is 22.6 Å². The molecule has 0 fully saturated rings. The van der Waals surface area contributed by atoms with Crippen molar-refractivity contribution in [1.82, 2.24) is 5.32 Å². The Morgan fingerprint density at radius 2 is 1.83 bits per heavy atom. The Balaban J connectivity index is 1.63. The number of anilines is 1. The highest BCUT2D eigenvalue weighted by Crippen LogP contribution is 2.45. The number of azide groups is 1. The first-order chi connectivity index (χ1) is 16.6. The largest absolute Gasteiger partial charge is 0.348 e. The van der Waals surface area contributed by atoms with Gasteiger partial charge in [0.1, 0.15) is 11.6 Å². The van der Waals surface area contributed by atoms with E-state index in [1.54, 1.807) is 50.2 Å². The molecule has 0 bridgehead atoms. The van der Waals surface area contributed by atoms with E-state index in [4.69, 9.17) is 5.53 Å². The number of hydrogen-bond acceptors (Lipinski definition) is 3. The Labute approximate surface area is 213 Å². The fraction of sp³-hybridized carbons (Fsp3) is 0.200. The molecule has 7 nitrogen and oxygen atoms in total. The predicted molar refractivity (Wildman–Crippen MR) is 136 cm³/mol. The summed E-state index contributed by atoms with van der Waals surface area (Å²) >= 11 is 2.10. The molecule has 0 radical (unpaired) electrons. The van der Waals surface area contributed by atoms with Crippen LogP contribution in [0.5, 0.6) is 0 Å². The normalized spacial score (nSPS) is 13.9. The van der Waals surface area contributed by atoms with Crippen molar-refractivity contribution in [2.24, 2.45) is 5.11 Å². The van der Waals surface area contributed by atoms with Crippen LogP contribution in [0.25, 0.3) is 10.4 Å². The van der Waals surface area contributed by atoms with Crippen molar-refractivity contribution in [1.29, 1.82) is 0 Å². The van der Waals surface area contributed by atoms with Gasteiger partial charge in [-0.2, -0.15) is 0 Å². The number of rotatable bonds is 6. The highest BCUT2D eigenvalue weighted by molar-refractivity contribution is 14.1. The number of hydrogen-bond donors (Lipinski definition) is 1. The second kappa shape index (κ2) is 9.63. The highest BCUT2D eigenvalue weighted by Gasteiger charge is 2.45. The van der Waals surface area contributed by atoms with Crippen molar-refractivity contribution < 1.29 is 18.4 Å². The molecule has 1 N–H and O–H groups in total. The van der Waals surface area contributed by atoms with Gasteiger partial charge in [0.25, 0.3) is 5.91 Å². The number of benzene rings is 3. The summed E-state index contributed by atoms with van der Waals surface area (Å²) in [5.74, 6) is -2.02. The summed E-state index contributed by atoms with van der Waals surface area (Å²) in [5, 5.41) is 6.39. The molecular formula is C25H20F2IN5O2. The minimum Gasteiger partial charge on any atom is -0.348 e. The molecule has 3 aromatic rings. The van der Waals surface area contributed by atoms with Gasteiger partial charge >= 0.3 is 0 Å². The second-order valence-electron chi connectivity index (χ2n) is 8.69. The summed E-state index contributed by atoms with van der Waals surface area (Å²) in [6, 6.07) is 13.4. The number of nitrogens with one attached hydrogen (secondary N) is 1. The number of nitrogens with zero attached hydrogens (tertiary/aromatic N) is 4. The highest BCUT2D eigenvalue weighted by atomic mass is 127. The van der Waals surface area contributed by atoms with Gasteiger partial charge in [0.15, 0.2) is 0 Å². The molecule has 178 valence electrons. The Morgan fingerprint density at radius 1 is 1.11 bits per heavy atom. The van der Waals surface area contributed by atoms with E-state index < -0.39 is 17.0 Å². The first kappa shape index (κ1) is 24.6. The summed E-state index contributed by atoms with van der Waals surface area (Å²) in [6.45, 7) is 3.76. The third-order valence-electron chi connectivity index (χ3n) is 5.81. The van der Waals surface area contributed by atoms with Crippen molar-refractivity contribution in [3.05, 3.63) is 102 Å². The van der Waals surface area contributed by atoms with Gasteiger partial charge in [0.05, 0.1) is 17.6 Å².